The molecule has 0 aliphatic carbocycles. The minimum Gasteiger partial charge on any atom is -0.324 e. The summed E-state index contributed by atoms with van der Waals surface area (Å²) in [5.41, 5.74) is 0.153. The van der Waals surface area contributed by atoms with Gasteiger partial charge >= 0.3 is 5.69 Å². The zero-order chi connectivity index (χ0) is 19.4. The Morgan fingerprint density at radius 3 is 2.63 bits per heavy atom. The minimum atomic E-state index is -3.78. The Kier molecular flexibility index (Phi) is 5.14. The molecule has 1 aromatic carbocycles. The summed E-state index contributed by atoms with van der Waals surface area (Å²) in [5.74, 6) is -0.468. The number of anilines is 2. The van der Waals surface area contributed by atoms with E-state index in [-0.39, 0.29) is 22.3 Å². The van der Waals surface area contributed by atoms with Crippen LogP contribution in [0.2, 0.25) is 0 Å². The van der Waals surface area contributed by atoms with E-state index in [2.05, 4.69) is 20.1 Å². The first-order valence-electron chi connectivity index (χ1n) is 7.32. The molecule has 0 bridgehead atoms. The van der Waals surface area contributed by atoms with Crippen molar-refractivity contribution in [1.82, 2.24) is 14.8 Å². The highest BCUT2D eigenvalue weighted by Gasteiger charge is 2.16. The third kappa shape index (κ3) is 4.65. The maximum absolute atomic E-state index is 12.2. The van der Waals surface area contributed by atoms with Gasteiger partial charge in [0.1, 0.15) is 18.9 Å². The van der Waals surface area contributed by atoms with Gasteiger partial charge in [0, 0.05) is 17.3 Å². The van der Waals surface area contributed by atoms with E-state index in [0.29, 0.717) is 5.69 Å². The quantitative estimate of drug-likeness (QED) is 0.446. The number of thiazole rings is 1. The summed E-state index contributed by atoms with van der Waals surface area (Å²) in [7, 11) is -3.78. The Morgan fingerprint density at radius 1 is 1.30 bits per heavy atom. The van der Waals surface area contributed by atoms with Gasteiger partial charge in [0.15, 0.2) is 5.13 Å². The number of amides is 1. The van der Waals surface area contributed by atoms with Crippen molar-refractivity contribution in [1.29, 1.82) is 0 Å². The fourth-order valence-electron chi connectivity index (χ4n) is 2.05. The lowest BCUT2D eigenvalue weighted by Crippen LogP contribution is -2.19. The van der Waals surface area contributed by atoms with Crippen molar-refractivity contribution in [2.75, 3.05) is 10.0 Å². The predicted molar refractivity (Wildman–Crippen MR) is 96.9 cm³/mol. The molecule has 0 aliphatic heterocycles. The van der Waals surface area contributed by atoms with E-state index in [0.717, 1.165) is 28.4 Å². The zero-order valence-electron chi connectivity index (χ0n) is 13.5. The van der Waals surface area contributed by atoms with Crippen LogP contribution in [0.4, 0.5) is 16.5 Å². The van der Waals surface area contributed by atoms with Crippen molar-refractivity contribution in [2.45, 2.75) is 11.4 Å². The zero-order valence-corrected chi connectivity index (χ0v) is 15.1. The van der Waals surface area contributed by atoms with E-state index < -0.39 is 20.9 Å². The Morgan fingerprint density at radius 2 is 2.04 bits per heavy atom. The molecule has 0 radical (unpaired) electrons. The van der Waals surface area contributed by atoms with Crippen molar-refractivity contribution in [2.24, 2.45) is 0 Å². The van der Waals surface area contributed by atoms with Gasteiger partial charge in [-0.2, -0.15) is 5.10 Å². The Balaban J connectivity index is 1.62. The highest BCUT2D eigenvalue weighted by atomic mass is 32.2. The lowest BCUT2D eigenvalue weighted by Gasteiger charge is -2.08. The monoisotopic (exact) mass is 408 g/mol. The van der Waals surface area contributed by atoms with E-state index in [1.807, 2.05) is 0 Å². The number of rotatable bonds is 7. The van der Waals surface area contributed by atoms with Gasteiger partial charge in [-0.15, -0.1) is 11.3 Å². The maximum Gasteiger partial charge on any atom is 0.307 e. The van der Waals surface area contributed by atoms with Crippen molar-refractivity contribution in [3.05, 3.63) is 58.4 Å². The van der Waals surface area contributed by atoms with Gasteiger partial charge in [-0.25, -0.2) is 13.4 Å². The van der Waals surface area contributed by atoms with E-state index in [1.54, 1.807) is 5.38 Å². The van der Waals surface area contributed by atoms with Crippen LogP contribution in [0.5, 0.6) is 0 Å². The number of nitro groups is 1. The van der Waals surface area contributed by atoms with Crippen LogP contribution in [0.25, 0.3) is 0 Å². The van der Waals surface area contributed by atoms with Crippen molar-refractivity contribution in [3.8, 4) is 0 Å². The highest BCUT2D eigenvalue weighted by molar-refractivity contribution is 7.93. The normalized spacial score (nSPS) is 11.1. The molecule has 2 aromatic heterocycles. The first-order chi connectivity index (χ1) is 12.8. The van der Waals surface area contributed by atoms with E-state index in [9.17, 15) is 23.3 Å². The Hall–Kier alpha value is -3.32. The van der Waals surface area contributed by atoms with E-state index in [1.165, 1.54) is 30.5 Å². The number of carbonyl (C=O) groups is 1. The largest absolute Gasteiger partial charge is 0.324 e. The molecule has 0 aliphatic rings. The van der Waals surface area contributed by atoms with Crippen molar-refractivity contribution in [3.63, 3.8) is 0 Å². The van der Waals surface area contributed by atoms with Crippen LogP contribution in [-0.2, 0) is 21.4 Å². The van der Waals surface area contributed by atoms with Gasteiger partial charge in [-0.1, -0.05) is 0 Å². The fraction of sp³-hybridized carbons (Fsp3) is 0.0714. The molecule has 0 saturated carbocycles. The second-order valence-corrected chi connectivity index (χ2v) is 7.75. The van der Waals surface area contributed by atoms with Gasteiger partial charge in [-0.3, -0.25) is 24.3 Å². The van der Waals surface area contributed by atoms with Gasteiger partial charge in [0.25, 0.3) is 10.0 Å². The standard InChI is InChI=1S/C14H12N6O5S2/c21-13(9-19-8-11(7-16-19)20(22)23)17-10-1-3-12(4-2-10)27(24,25)18-14-15-5-6-26-14/h1-8H,9H2,(H,15,18)(H,17,21). The summed E-state index contributed by atoms with van der Waals surface area (Å²) < 4.78 is 27.9. The van der Waals surface area contributed by atoms with Gasteiger partial charge in [0.05, 0.1) is 9.82 Å². The molecule has 0 spiro atoms. The van der Waals surface area contributed by atoms with Crippen molar-refractivity contribution < 1.29 is 18.1 Å². The first-order valence-corrected chi connectivity index (χ1v) is 9.69. The number of hydrogen-bond acceptors (Lipinski definition) is 8. The fourth-order valence-corrected chi connectivity index (χ4v) is 3.83. The van der Waals surface area contributed by atoms with Gasteiger partial charge in [-0.05, 0) is 24.3 Å². The molecule has 140 valence electrons. The smallest absolute Gasteiger partial charge is 0.307 e. The lowest BCUT2D eigenvalue weighted by molar-refractivity contribution is -0.385. The van der Waals surface area contributed by atoms with E-state index in [4.69, 9.17) is 0 Å². The number of aromatic nitrogens is 3. The molecular formula is C14H12N6O5S2. The molecule has 3 aromatic rings. The summed E-state index contributed by atoms with van der Waals surface area (Å²) in [4.78, 5) is 25.8. The van der Waals surface area contributed by atoms with Gasteiger partial charge in [0.2, 0.25) is 5.91 Å². The summed E-state index contributed by atoms with van der Waals surface area (Å²) in [6.45, 7) is -0.223. The SMILES string of the molecule is O=C(Cn1cc([N+](=O)[O-])cn1)Nc1ccc(S(=O)(=O)Nc2nccs2)cc1. The van der Waals surface area contributed by atoms with Crippen LogP contribution in [0.3, 0.4) is 0 Å². The van der Waals surface area contributed by atoms with E-state index >= 15 is 0 Å². The number of nitrogens with one attached hydrogen (secondary N) is 2. The molecule has 2 N–H and O–H groups in total. The predicted octanol–water partition coefficient (Wildman–Crippen LogP) is 1.69. The summed E-state index contributed by atoms with van der Waals surface area (Å²) in [6, 6.07) is 5.54. The van der Waals surface area contributed by atoms with Crippen molar-refractivity contribution >= 4 is 43.8 Å². The number of hydrogen-bond donors (Lipinski definition) is 2. The number of sulfonamides is 1. The highest BCUT2D eigenvalue weighted by Crippen LogP contribution is 2.19. The first kappa shape index (κ1) is 18.5. The molecule has 3 rings (SSSR count). The number of benzene rings is 1. The molecule has 27 heavy (non-hydrogen) atoms. The second kappa shape index (κ2) is 7.51. The number of nitrogens with zero attached hydrogens (tertiary/aromatic N) is 4. The van der Waals surface area contributed by atoms with Crippen LogP contribution in [0, 0.1) is 10.1 Å². The Bertz CT molecular complexity index is 1060. The molecule has 0 saturated heterocycles. The topological polar surface area (TPSA) is 149 Å². The summed E-state index contributed by atoms with van der Waals surface area (Å²) in [5, 5.41) is 18.8. The number of carbonyl (C=O) groups excluding carboxylic acids is 1. The third-order valence-corrected chi connectivity index (χ3v) is 5.41. The molecule has 1 amide bonds. The molecule has 0 unspecified atom stereocenters. The van der Waals surface area contributed by atoms with Crippen LogP contribution >= 0.6 is 11.3 Å². The van der Waals surface area contributed by atoms with Crippen LogP contribution in [0.15, 0.2) is 53.1 Å². The van der Waals surface area contributed by atoms with Crippen LogP contribution in [0.1, 0.15) is 0 Å². The molecule has 13 heteroatoms. The average Bonchev–Trinajstić information content (AvgIpc) is 3.27. The third-order valence-electron chi connectivity index (χ3n) is 3.24. The molecular weight excluding hydrogens is 396 g/mol. The molecule has 2 heterocycles. The Labute approximate surface area is 156 Å². The molecule has 0 atom stereocenters. The summed E-state index contributed by atoms with van der Waals surface area (Å²) >= 11 is 1.15. The van der Waals surface area contributed by atoms with Gasteiger partial charge < -0.3 is 5.32 Å². The second-order valence-electron chi connectivity index (χ2n) is 5.17. The maximum atomic E-state index is 12.2. The minimum absolute atomic E-state index is 0.0124. The average molecular weight is 408 g/mol. The summed E-state index contributed by atoms with van der Waals surface area (Å²) in [6.07, 6.45) is 3.66. The lowest BCUT2D eigenvalue weighted by atomic mass is 10.3. The van der Waals surface area contributed by atoms with Crippen LogP contribution < -0.4 is 10.0 Å². The molecule has 11 nitrogen and oxygen atoms in total. The molecule has 0 fully saturated rings. The van der Waals surface area contributed by atoms with Crippen LogP contribution in [-0.4, -0.2) is 34.0 Å².